The summed E-state index contributed by atoms with van der Waals surface area (Å²) in [4.78, 5) is 0. The molecule has 1 rings (SSSR count). The number of halogens is 1. The maximum absolute atomic E-state index is 9.02. The lowest BCUT2D eigenvalue weighted by Gasteiger charge is -2.09. The molecule has 16 heavy (non-hydrogen) atoms. The Bertz CT molecular complexity index is 320. The molecule has 4 heteroatoms. The third-order valence-electron chi connectivity index (χ3n) is 2.20. The van der Waals surface area contributed by atoms with Crippen LogP contribution in [0, 0.1) is 0 Å². The summed E-state index contributed by atoms with van der Waals surface area (Å²) in [6.45, 7) is 3.14. The summed E-state index contributed by atoms with van der Waals surface area (Å²) in [7, 11) is 0. The van der Waals surface area contributed by atoms with Crippen LogP contribution in [0.1, 0.15) is 18.9 Å². The van der Waals surface area contributed by atoms with E-state index in [1.165, 1.54) is 11.5 Å². The van der Waals surface area contributed by atoms with E-state index in [2.05, 4.69) is 12.2 Å². The van der Waals surface area contributed by atoms with E-state index < -0.39 is 0 Å². The average Bonchev–Trinajstić information content (AvgIpc) is 2.31. The molecule has 0 amide bonds. The number of thioether (sulfide) groups is 1. The summed E-state index contributed by atoms with van der Waals surface area (Å²) in [6, 6.07) is 5.55. The molecule has 0 aliphatic rings. The summed E-state index contributed by atoms with van der Waals surface area (Å²) in [5.41, 5.74) is 1.80. The maximum atomic E-state index is 9.02. The first-order chi connectivity index (χ1) is 7.77. The first kappa shape index (κ1) is 13.7. The highest BCUT2D eigenvalue weighted by molar-refractivity contribution is 7.99. The Labute approximate surface area is 106 Å². The fourth-order valence-corrected chi connectivity index (χ4v) is 2.17. The van der Waals surface area contributed by atoms with Crippen molar-refractivity contribution in [3.05, 3.63) is 28.8 Å². The summed E-state index contributed by atoms with van der Waals surface area (Å²) in [5.74, 6) is 2.33. The van der Waals surface area contributed by atoms with Crippen LogP contribution in [0.15, 0.2) is 18.2 Å². The Morgan fingerprint density at radius 1 is 1.44 bits per heavy atom. The minimum Gasteiger partial charge on any atom is -0.392 e. The summed E-state index contributed by atoms with van der Waals surface area (Å²) < 4.78 is 0. The Hall–Kier alpha value is -0.380. The SMILES string of the molecule is CCSCCCNc1cc(CO)ccc1Cl. The molecule has 0 unspecified atom stereocenters. The predicted octanol–water partition coefficient (Wildman–Crippen LogP) is 3.39. The van der Waals surface area contributed by atoms with Crippen molar-refractivity contribution in [3.8, 4) is 0 Å². The molecule has 0 saturated carbocycles. The molecule has 0 aliphatic carbocycles. The molecule has 90 valence electrons. The van der Waals surface area contributed by atoms with Crippen molar-refractivity contribution >= 4 is 29.1 Å². The lowest BCUT2D eigenvalue weighted by molar-refractivity contribution is 0.282. The molecular weight excluding hydrogens is 242 g/mol. The summed E-state index contributed by atoms with van der Waals surface area (Å²) >= 11 is 7.99. The van der Waals surface area contributed by atoms with Gasteiger partial charge < -0.3 is 10.4 Å². The van der Waals surface area contributed by atoms with Crippen LogP contribution in [0.3, 0.4) is 0 Å². The van der Waals surface area contributed by atoms with Crippen molar-refractivity contribution in [2.24, 2.45) is 0 Å². The standard InChI is InChI=1S/C12H18ClNOS/c1-2-16-7-3-6-14-12-8-10(9-15)4-5-11(12)13/h4-5,8,14-15H,2-3,6-7,9H2,1H3. The quantitative estimate of drug-likeness (QED) is 0.737. The monoisotopic (exact) mass is 259 g/mol. The second kappa shape index (κ2) is 7.82. The number of benzene rings is 1. The van der Waals surface area contributed by atoms with E-state index in [4.69, 9.17) is 16.7 Å². The van der Waals surface area contributed by atoms with Gasteiger partial charge in [-0.25, -0.2) is 0 Å². The van der Waals surface area contributed by atoms with Gasteiger partial charge in [0.2, 0.25) is 0 Å². The Morgan fingerprint density at radius 2 is 2.25 bits per heavy atom. The van der Waals surface area contributed by atoms with Crippen molar-refractivity contribution < 1.29 is 5.11 Å². The van der Waals surface area contributed by atoms with Gasteiger partial charge in [0.15, 0.2) is 0 Å². The van der Waals surface area contributed by atoms with Gasteiger partial charge in [0.05, 0.1) is 17.3 Å². The van der Waals surface area contributed by atoms with E-state index in [9.17, 15) is 0 Å². The van der Waals surface area contributed by atoms with Gasteiger partial charge in [-0.05, 0) is 35.6 Å². The number of aliphatic hydroxyl groups is 1. The van der Waals surface area contributed by atoms with E-state index in [1.807, 2.05) is 30.0 Å². The molecule has 0 aromatic heterocycles. The second-order valence-electron chi connectivity index (χ2n) is 3.45. The van der Waals surface area contributed by atoms with Gasteiger partial charge in [-0.1, -0.05) is 24.6 Å². The van der Waals surface area contributed by atoms with Gasteiger partial charge in [0.25, 0.3) is 0 Å². The Balaban J connectivity index is 2.40. The number of nitrogens with one attached hydrogen (secondary N) is 1. The minimum atomic E-state index is 0.0531. The zero-order valence-electron chi connectivity index (χ0n) is 9.50. The largest absolute Gasteiger partial charge is 0.392 e. The topological polar surface area (TPSA) is 32.3 Å². The van der Waals surface area contributed by atoms with Crippen LogP contribution in [-0.4, -0.2) is 23.2 Å². The normalized spacial score (nSPS) is 10.4. The van der Waals surface area contributed by atoms with Crippen LogP contribution in [0.4, 0.5) is 5.69 Å². The van der Waals surface area contributed by atoms with Gasteiger partial charge in [-0.2, -0.15) is 11.8 Å². The third kappa shape index (κ3) is 4.64. The van der Waals surface area contributed by atoms with Crippen molar-refractivity contribution in [1.29, 1.82) is 0 Å². The first-order valence-electron chi connectivity index (χ1n) is 5.48. The average molecular weight is 260 g/mol. The van der Waals surface area contributed by atoms with Crippen molar-refractivity contribution in [3.63, 3.8) is 0 Å². The molecule has 0 radical (unpaired) electrons. The summed E-state index contributed by atoms with van der Waals surface area (Å²) in [5, 5.41) is 13.0. The zero-order chi connectivity index (χ0) is 11.8. The maximum Gasteiger partial charge on any atom is 0.0682 e. The highest BCUT2D eigenvalue weighted by Crippen LogP contribution is 2.23. The lowest BCUT2D eigenvalue weighted by atomic mass is 10.2. The van der Waals surface area contributed by atoms with E-state index >= 15 is 0 Å². The van der Waals surface area contributed by atoms with E-state index in [-0.39, 0.29) is 6.61 Å². The highest BCUT2D eigenvalue weighted by atomic mass is 35.5. The highest BCUT2D eigenvalue weighted by Gasteiger charge is 2.00. The van der Waals surface area contributed by atoms with Crippen LogP contribution in [0.2, 0.25) is 5.02 Å². The molecule has 0 bridgehead atoms. The molecule has 0 spiro atoms. The van der Waals surface area contributed by atoms with E-state index in [1.54, 1.807) is 0 Å². The fraction of sp³-hybridized carbons (Fsp3) is 0.500. The van der Waals surface area contributed by atoms with Crippen LogP contribution in [0.25, 0.3) is 0 Å². The molecule has 0 atom stereocenters. The molecule has 0 aliphatic heterocycles. The molecule has 0 fully saturated rings. The fourth-order valence-electron chi connectivity index (χ4n) is 1.35. The number of hydrogen-bond acceptors (Lipinski definition) is 3. The number of aliphatic hydroxyl groups excluding tert-OH is 1. The number of anilines is 1. The molecule has 0 heterocycles. The van der Waals surface area contributed by atoms with Gasteiger partial charge in [0.1, 0.15) is 0 Å². The van der Waals surface area contributed by atoms with Gasteiger partial charge in [-0.15, -0.1) is 0 Å². The number of rotatable bonds is 7. The molecular formula is C12H18ClNOS. The molecule has 0 saturated heterocycles. The first-order valence-corrected chi connectivity index (χ1v) is 7.02. The minimum absolute atomic E-state index is 0.0531. The molecule has 1 aromatic carbocycles. The van der Waals surface area contributed by atoms with Crippen molar-refractivity contribution in [2.45, 2.75) is 20.0 Å². The Morgan fingerprint density at radius 3 is 2.94 bits per heavy atom. The smallest absolute Gasteiger partial charge is 0.0682 e. The third-order valence-corrected chi connectivity index (χ3v) is 3.51. The van der Waals surface area contributed by atoms with Gasteiger partial charge in [0, 0.05) is 6.54 Å². The number of hydrogen-bond donors (Lipinski definition) is 2. The molecule has 2 nitrogen and oxygen atoms in total. The van der Waals surface area contributed by atoms with Gasteiger partial charge in [-0.3, -0.25) is 0 Å². The molecule has 1 aromatic rings. The van der Waals surface area contributed by atoms with E-state index in [0.717, 1.165) is 24.2 Å². The predicted molar refractivity (Wildman–Crippen MR) is 73.5 cm³/mol. The lowest BCUT2D eigenvalue weighted by Crippen LogP contribution is -2.03. The van der Waals surface area contributed by atoms with Gasteiger partial charge >= 0.3 is 0 Å². The van der Waals surface area contributed by atoms with Crippen LogP contribution in [-0.2, 0) is 6.61 Å². The second-order valence-corrected chi connectivity index (χ2v) is 5.25. The van der Waals surface area contributed by atoms with Crippen molar-refractivity contribution in [1.82, 2.24) is 0 Å². The van der Waals surface area contributed by atoms with Crippen LogP contribution < -0.4 is 5.32 Å². The Kier molecular flexibility index (Phi) is 6.69. The van der Waals surface area contributed by atoms with Crippen molar-refractivity contribution in [2.75, 3.05) is 23.4 Å². The van der Waals surface area contributed by atoms with E-state index in [0.29, 0.717) is 5.02 Å². The molecule has 2 N–H and O–H groups in total. The summed E-state index contributed by atoms with van der Waals surface area (Å²) in [6.07, 6.45) is 1.12. The van der Waals surface area contributed by atoms with Crippen LogP contribution in [0.5, 0.6) is 0 Å². The zero-order valence-corrected chi connectivity index (χ0v) is 11.1. The van der Waals surface area contributed by atoms with Crippen LogP contribution >= 0.6 is 23.4 Å².